The summed E-state index contributed by atoms with van der Waals surface area (Å²) in [7, 11) is 0. The number of hydrogen-bond acceptors (Lipinski definition) is 2. The summed E-state index contributed by atoms with van der Waals surface area (Å²) in [5.74, 6) is -1.91. The number of carboxylic acid groups (broad SMARTS) is 1. The molecule has 1 aromatic carbocycles. The SMILES string of the molecule is Cc1c(F)cc(C(=O)O)cc1C#N. The maximum Gasteiger partial charge on any atom is 0.335 e. The van der Waals surface area contributed by atoms with Gasteiger partial charge in [-0.05, 0) is 19.1 Å². The molecular weight excluding hydrogens is 173 g/mol. The number of halogens is 1. The van der Waals surface area contributed by atoms with Crippen LogP contribution in [0.5, 0.6) is 0 Å². The maximum atomic E-state index is 13.0. The Hall–Kier alpha value is -1.89. The second-order valence-corrected chi connectivity index (χ2v) is 2.55. The Kier molecular flexibility index (Phi) is 2.29. The molecule has 0 amide bonds. The molecule has 0 aliphatic carbocycles. The molecule has 0 atom stereocenters. The Labute approximate surface area is 74.0 Å². The zero-order valence-electron chi connectivity index (χ0n) is 6.84. The summed E-state index contributed by atoms with van der Waals surface area (Å²) in [6.07, 6.45) is 0. The number of carboxylic acids is 1. The highest BCUT2D eigenvalue weighted by Crippen LogP contribution is 2.14. The quantitative estimate of drug-likeness (QED) is 0.713. The van der Waals surface area contributed by atoms with Crippen LogP contribution in [0.15, 0.2) is 12.1 Å². The summed E-state index contributed by atoms with van der Waals surface area (Å²) in [5.41, 5.74) is 0.0181. The van der Waals surface area contributed by atoms with Crippen LogP contribution in [0.3, 0.4) is 0 Å². The van der Waals surface area contributed by atoms with Crippen LogP contribution in [0.1, 0.15) is 21.5 Å². The Morgan fingerprint density at radius 2 is 2.23 bits per heavy atom. The monoisotopic (exact) mass is 179 g/mol. The lowest BCUT2D eigenvalue weighted by atomic mass is 10.1. The van der Waals surface area contributed by atoms with E-state index in [-0.39, 0.29) is 16.7 Å². The molecule has 4 heteroatoms. The Bertz CT molecular complexity index is 407. The number of aromatic carboxylic acids is 1. The van der Waals surface area contributed by atoms with Crippen molar-refractivity contribution in [1.82, 2.24) is 0 Å². The minimum Gasteiger partial charge on any atom is -0.478 e. The van der Waals surface area contributed by atoms with Crippen molar-refractivity contribution >= 4 is 5.97 Å². The fourth-order valence-corrected chi connectivity index (χ4v) is 0.918. The van der Waals surface area contributed by atoms with Gasteiger partial charge in [-0.25, -0.2) is 9.18 Å². The molecule has 1 N–H and O–H groups in total. The Balaban J connectivity index is 3.41. The van der Waals surface area contributed by atoms with Gasteiger partial charge < -0.3 is 5.11 Å². The molecule has 0 saturated carbocycles. The molecule has 0 aromatic heterocycles. The van der Waals surface area contributed by atoms with Gasteiger partial charge in [-0.2, -0.15) is 5.26 Å². The Morgan fingerprint density at radius 1 is 1.62 bits per heavy atom. The van der Waals surface area contributed by atoms with Crippen molar-refractivity contribution in [3.8, 4) is 6.07 Å². The summed E-state index contributed by atoms with van der Waals surface area (Å²) in [5, 5.41) is 17.1. The molecule has 0 heterocycles. The fraction of sp³-hybridized carbons (Fsp3) is 0.111. The third-order valence-electron chi connectivity index (χ3n) is 1.71. The Morgan fingerprint density at radius 3 is 2.69 bits per heavy atom. The average Bonchev–Trinajstić information content (AvgIpc) is 2.09. The van der Waals surface area contributed by atoms with Gasteiger partial charge in [-0.15, -0.1) is 0 Å². The molecule has 1 aromatic rings. The third-order valence-corrected chi connectivity index (χ3v) is 1.71. The molecule has 13 heavy (non-hydrogen) atoms. The topological polar surface area (TPSA) is 61.1 Å². The summed E-state index contributed by atoms with van der Waals surface area (Å²) >= 11 is 0. The fourth-order valence-electron chi connectivity index (χ4n) is 0.918. The van der Waals surface area contributed by atoms with Crippen molar-refractivity contribution in [2.24, 2.45) is 0 Å². The van der Waals surface area contributed by atoms with Gasteiger partial charge in [0.05, 0.1) is 17.2 Å². The van der Waals surface area contributed by atoms with Gasteiger partial charge in [0, 0.05) is 5.56 Å². The van der Waals surface area contributed by atoms with Gasteiger partial charge >= 0.3 is 5.97 Å². The highest BCUT2D eigenvalue weighted by molar-refractivity contribution is 5.88. The van der Waals surface area contributed by atoms with Gasteiger partial charge in [0.15, 0.2) is 0 Å². The molecule has 0 aliphatic heterocycles. The van der Waals surface area contributed by atoms with E-state index >= 15 is 0 Å². The van der Waals surface area contributed by atoms with Crippen molar-refractivity contribution in [2.75, 3.05) is 0 Å². The van der Waals surface area contributed by atoms with Crippen LogP contribution in [-0.2, 0) is 0 Å². The van der Waals surface area contributed by atoms with E-state index in [2.05, 4.69) is 0 Å². The first kappa shape index (κ1) is 9.20. The van der Waals surface area contributed by atoms with Crippen LogP contribution < -0.4 is 0 Å². The van der Waals surface area contributed by atoms with E-state index < -0.39 is 11.8 Å². The van der Waals surface area contributed by atoms with Gasteiger partial charge in [-0.3, -0.25) is 0 Å². The van der Waals surface area contributed by atoms with Crippen LogP contribution in [-0.4, -0.2) is 11.1 Å². The molecule has 0 fully saturated rings. The predicted octanol–water partition coefficient (Wildman–Crippen LogP) is 1.70. The normalized spacial score (nSPS) is 9.31. The van der Waals surface area contributed by atoms with Gasteiger partial charge in [0.25, 0.3) is 0 Å². The lowest BCUT2D eigenvalue weighted by molar-refractivity contribution is 0.0696. The molecule has 3 nitrogen and oxygen atoms in total. The molecular formula is C9H6FNO2. The van der Waals surface area contributed by atoms with Crippen LogP contribution in [0.2, 0.25) is 0 Å². The second-order valence-electron chi connectivity index (χ2n) is 2.55. The van der Waals surface area contributed by atoms with E-state index in [1.165, 1.54) is 6.92 Å². The predicted molar refractivity (Wildman–Crippen MR) is 42.8 cm³/mol. The summed E-state index contributed by atoms with van der Waals surface area (Å²) in [4.78, 5) is 10.5. The molecule has 0 radical (unpaired) electrons. The first-order valence-corrected chi connectivity index (χ1v) is 3.50. The second kappa shape index (κ2) is 3.23. The molecule has 1 rings (SSSR count). The van der Waals surface area contributed by atoms with E-state index in [1.54, 1.807) is 6.07 Å². The molecule has 0 unspecified atom stereocenters. The number of rotatable bonds is 1. The highest BCUT2D eigenvalue weighted by atomic mass is 19.1. The molecule has 0 spiro atoms. The zero-order chi connectivity index (χ0) is 10.0. The van der Waals surface area contributed by atoms with E-state index in [9.17, 15) is 9.18 Å². The van der Waals surface area contributed by atoms with Gasteiger partial charge in [0.2, 0.25) is 0 Å². The first-order chi connectivity index (χ1) is 6.06. The van der Waals surface area contributed by atoms with Gasteiger partial charge in [0.1, 0.15) is 5.82 Å². The highest BCUT2D eigenvalue weighted by Gasteiger charge is 2.10. The van der Waals surface area contributed by atoms with Crippen LogP contribution >= 0.6 is 0 Å². The largest absolute Gasteiger partial charge is 0.478 e. The van der Waals surface area contributed by atoms with E-state index in [1.807, 2.05) is 0 Å². The number of hydrogen-bond donors (Lipinski definition) is 1. The summed E-state index contributed by atoms with van der Waals surface area (Å²) < 4.78 is 13.0. The molecule has 0 bridgehead atoms. The van der Waals surface area contributed by atoms with E-state index in [0.29, 0.717) is 0 Å². The van der Waals surface area contributed by atoms with Crippen LogP contribution in [0, 0.1) is 24.1 Å². The third kappa shape index (κ3) is 1.64. The average molecular weight is 179 g/mol. The minimum atomic E-state index is -1.24. The number of nitrogens with zero attached hydrogens (tertiary/aromatic N) is 1. The summed E-state index contributed by atoms with van der Waals surface area (Å²) in [6, 6.07) is 3.78. The number of benzene rings is 1. The van der Waals surface area contributed by atoms with Crippen LogP contribution in [0.4, 0.5) is 4.39 Å². The number of nitriles is 1. The molecule has 0 saturated heterocycles. The smallest absolute Gasteiger partial charge is 0.335 e. The molecule has 66 valence electrons. The lowest BCUT2D eigenvalue weighted by Crippen LogP contribution is -2.00. The van der Waals surface area contributed by atoms with Crippen LogP contribution in [0.25, 0.3) is 0 Å². The van der Waals surface area contributed by atoms with Crippen molar-refractivity contribution in [2.45, 2.75) is 6.92 Å². The minimum absolute atomic E-state index is 0.0531. The zero-order valence-corrected chi connectivity index (χ0v) is 6.84. The van der Waals surface area contributed by atoms with Crippen molar-refractivity contribution in [3.63, 3.8) is 0 Å². The first-order valence-electron chi connectivity index (χ1n) is 3.50. The van der Waals surface area contributed by atoms with Crippen molar-refractivity contribution in [3.05, 3.63) is 34.6 Å². The van der Waals surface area contributed by atoms with E-state index in [4.69, 9.17) is 10.4 Å². The standard InChI is InChI=1S/C9H6FNO2/c1-5-7(4-11)2-6(9(12)13)3-8(5)10/h2-3H,1H3,(H,12,13). The molecule has 0 aliphatic rings. The van der Waals surface area contributed by atoms with Crippen molar-refractivity contribution < 1.29 is 14.3 Å². The van der Waals surface area contributed by atoms with Crippen molar-refractivity contribution in [1.29, 1.82) is 5.26 Å². The van der Waals surface area contributed by atoms with Gasteiger partial charge in [-0.1, -0.05) is 0 Å². The number of carbonyl (C=O) groups is 1. The van der Waals surface area contributed by atoms with E-state index in [0.717, 1.165) is 12.1 Å². The lowest BCUT2D eigenvalue weighted by Gasteiger charge is -2.00. The maximum absolute atomic E-state index is 13.0. The summed E-state index contributed by atoms with van der Waals surface area (Å²) in [6.45, 7) is 1.43.